The molecule has 1 N–H and O–H groups in total. The maximum Gasteiger partial charge on any atom is 0.256 e. The van der Waals surface area contributed by atoms with E-state index in [4.69, 9.17) is 27.9 Å². The lowest BCUT2D eigenvalue weighted by molar-refractivity contribution is 0.102. The number of halogens is 2. The van der Waals surface area contributed by atoms with Gasteiger partial charge in [-0.3, -0.25) is 4.79 Å². The number of nitrogens with one attached hydrogen (secondary N) is 1. The van der Waals surface area contributed by atoms with E-state index in [1.54, 1.807) is 43.1 Å². The van der Waals surface area contributed by atoms with E-state index < -0.39 is 0 Å². The first kappa shape index (κ1) is 17.2. The summed E-state index contributed by atoms with van der Waals surface area (Å²) in [7, 11) is 1.65. The van der Waals surface area contributed by atoms with Crippen molar-refractivity contribution in [1.82, 2.24) is 0 Å². The summed E-state index contributed by atoms with van der Waals surface area (Å²) in [5.74, 6) is 0.559. The van der Waals surface area contributed by atoms with Crippen LogP contribution in [-0.4, -0.2) is 25.4 Å². The van der Waals surface area contributed by atoms with E-state index in [0.29, 0.717) is 27.9 Å². The molecule has 116 valence electrons. The molecule has 2 rings (SSSR count). The van der Waals surface area contributed by atoms with Gasteiger partial charge in [0.05, 0.1) is 27.9 Å². The Morgan fingerprint density at radius 2 is 1.95 bits per heavy atom. The molecule has 22 heavy (non-hydrogen) atoms. The van der Waals surface area contributed by atoms with E-state index in [1.807, 2.05) is 18.2 Å². The third-order valence-electron chi connectivity index (χ3n) is 2.88. The van der Waals surface area contributed by atoms with Crippen LogP contribution in [0.3, 0.4) is 0 Å². The standard InChI is InChI=1S/C16H15Cl2NO2S/c1-21-9-10-22-14-8-3-2-5-11(14)16(20)19-13-7-4-6-12(17)15(13)18/h2-8H,9-10H2,1H3,(H,19,20). The number of carbonyl (C=O) groups excluding carboxylic acids is 1. The van der Waals surface area contributed by atoms with Crippen LogP contribution in [0.5, 0.6) is 0 Å². The summed E-state index contributed by atoms with van der Waals surface area (Å²) in [5.41, 5.74) is 1.09. The lowest BCUT2D eigenvalue weighted by Gasteiger charge is -2.11. The molecule has 2 aromatic rings. The smallest absolute Gasteiger partial charge is 0.256 e. The van der Waals surface area contributed by atoms with Gasteiger partial charge in [-0.25, -0.2) is 0 Å². The first-order chi connectivity index (χ1) is 10.6. The van der Waals surface area contributed by atoms with Crippen LogP contribution >= 0.6 is 35.0 Å². The van der Waals surface area contributed by atoms with Crippen molar-refractivity contribution in [2.24, 2.45) is 0 Å². The number of amides is 1. The van der Waals surface area contributed by atoms with E-state index in [2.05, 4.69) is 5.32 Å². The number of hydrogen-bond donors (Lipinski definition) is 1. The Balaban J connectivity index is 2.17. The molecule has 0 spiro atoms. The second-order valence-electron chi connectivity index (χ2n) is 4.39. The number of anilines is 1. The summed E-state index contributed by atoms with van der Waals surface area (Å²) in [5, 5.41) is 3.54. The Kier molecular flexibility index (Phi) is 6.58. The van der Waals surface area contributed by atoms with Gasteiger partial charge in [-0.15, -0.1) is 11.8 Å². The number of rotatable bonds is 6. The van der Waals surface area contributed by atoms with Crippen LogP contribution in [0.2, 0.25) is 10.0 Å². The highest BCUT2D eigenvalue weighted by Crippen LogP contribution is 2.30. The van der Waals surface area contributed by atoms with Gasteiger partial charge in [0.15, 0.2) is 0 Å². The van der Waals surface area contributed by atoms with Crippen molar-refractivity contribution in [2.75, 3.05) is 24.8 Å². The average Bonchev–Trinajstić information content (AvgIpc) is 2.52. The summed E-state index contributed by atoms with van der Waals surface area (Å²) < 4.78 is 5.03. The normalized spacial score (nSPS) is 10.5. The van der Waals surface area contributed by atoms with Crippen molar-refractivity contribution < 1.29 is 9.53 Å². The summed E-state index contributed by atoms with van der Waals surface area (Å²) in [6.07, 6.45) is 0. The Bertz CT molecular complexity index is 664. The highest BCUT2D eigenvalue weighted by atomic mass is 35.5. The van der Waals surface area contributed by atoms with Crippen molar-refractivity contribution in [3.8, 4) is 0 Å². The van der Waals surface area contributed by atoms with Crippen LogP contribution < -0.4 is 5.32 Å². The molecule has 0 heterocycles. The van der Waals surface area contributed by atoms with Crippen molar-refractivity contribution >= 4 is 46.6 Å². The molecule has 0 saturated heterocycles. The molecule has 0 saturated carbocycles. The number of ether oxygens (including phenoxy) is 1. The summed E-state index contributed by atoms with van der Waals surface area (Å²) in [6, 6.07) is 12.6. The van der Waals surface area contributed by atoms with Crippen LogP contribution in [0.1, 0.15) is 10.4 Å². The molecule has 0 aromatic heterocycles. The predicted octanol–water partition coefficient (Wildman–Crippen LogP) is 4.98. The first-order valence-corrected chi connectivity index (χ1v) is 8.33. The van der Waals surface area contributed by atoms with Gasteiger partial charge < -0.3 is 10.1 Å². The van der Waals surface area contributed by atoms with Crippen LogP contribution in [-0.2, 0) is 4.74 Å². The monoisotopic (exact) mass is 355 g/mol. The van der Waals surface area contributed by atoms with E-state index in [1.165, 1.54) is 0 Å². The van der Waals surface area contributed by atoms with Crippen molar-refractivity contribution in [3.05, 3.63) is 58.1 Å². The predicted molar refractivity (Wildman–Crippen MR) is 93.5 cm³/mol. The van der Waals surface area contributed by atoms with E-state index in [9.17, 15) is 4.79 Å². The average molecular weight is 356 g/mol. The highest BCUT2D eigenvalue weighted by Gasteiger charge is 2.13. The van der Waals surface area contributed by atoms with Gasteiger partial charge in [0.2, 0.25) is 0 Å². The molecule has 0 aliphatic rings. The van der Waals surface area contributed by atoms with E-state index in [0.717, 1.165) is 10.6 Å². The molecular weight excluding hydrogens is 341 g/mol. The third-order valence-corrected chi connectivity index (χ3v) is 4.73. The quantitative estimate of drug-likeness (QED) is 0.586. The van der Waals surface area contributed by atoms with Gasteiger partial charge in [-0.2, -0.15) is 0 Å². The minimum absolute atomic E-state index is 0.218. The topological polar surface area (TPSA) is 38.3 Å². The molecule has 0 unspecified atom stereocenters. The molecule has 0 bridgehead atoms. The molecule has 2 aromatic carbocycles. The Hall–Kier alpha value is -1.20. The minimum atomic E-state index is -0.218. The molecule has 0 aliphatic heterocycles. The maximum atomic E-state index is 12.5. The highest BCUT2D eigenvalue weighted by molar-refractivity contribution is 7.99. The summed E-state index contributed by atoms with van der Waals surface area (Å²) in [4.78, 5) is 13.4. The number of benzene rings is 2. The largest absolute Gasteiger partial charge is 0.384 e. The first-order valence-electron chi connectivity index (χ1n) is 6.59. The molecular formula is C16H15Cl2NO2S. The molecule has 3 nitrogen and oxygen atoms in total. The number of thioether (sulfide) groups is 1. The number of carbonyl (C=O) groups is 1. The molecule has 0 radical (unpaired) electrons. The fourth-order valence-electron chi connectivity index (χ4n) is 1.81. The van der Waals surface area contributed by atoms with Crippen LogP contribution in [0.15, 0.2) is 47.4 Å². The minimum Gasteiger partial charge on any atom is -0.384 e. The van der Waals surface area contributed by atoms with Gasteiger partial charge in [0.1, 0.15) is 0 Å². The molecule has 0 fully saturated rings. The zero-order valence-corrected chi connectivity index (χ0v) is 14.3. The van der Waals surface area contributed by atoms with Crippen LogP contribution in [0.25, 0.3) is 0 Å². The van der Waals surface area contributed by atoms with Gasteiger partial charge in [-0.1, -0.05) is 41.4 Å². The Labute approximate surface area is 144 Å². The zero-order chi connectivity index (χ0) is 15.9. The maximum absolute atomic E-state index is 12.5. The van der Waals surface area contributed by atoms with E-state index in [-0.39, 0.29) is 5.91 Å². The van der Waals surface area contributed by atoms with E-state index >= 15 is 0 Å². The van der Waals surface area contributed by atoms with Crippen molar-refractivity contribution in [1.29, 1.82) is 0 Å². The molecule has 6 heteroatoms. The summed E-state index contributed by atoms with van der Waals surface area (Å²) in [6.45, 7) is 0.626. The Morgan fingerprint density at radius 3 is 2.73 bits per heavy atom. The fraction of sp³-hybridized carbons (Fsp3) is 0.188. The second kappa shape index (κ2) is 8.44. The third kappa shape index (κ3) is 4.40. The van der Waals surface area contributed by atoms with Gasteiger partial charge in [0, 0.05) is 17.8 Å². The lowest BCUT2D eigenvalue weighted by atomic mass is 10.2. The fourth-order valence-corrected chi connectivity index (χ4v) is 3.11. The zero-order valence-electron chi connectivity index (χ0n) is 11.9. The Morgan fingerprint density at radius 1 is 1.18 bits per heavy atom. The summed E-state index contributed by atoms with van der Waals surface area (Å²) >= 11 is 13.6. The SMILES string of the molecule is COCCSc1ccccc1C(=O)Nc1cccc(Cl)c1Cl. The lowest BCUT2D eigenvalue weighted by Crippen LogP contribution is -2.13. The molecule has 0 atom stereocenters. The van der Waals surface area contributed by atoms with Crippen LogP contribution in [0, 0.1) is 0 Å². The van der Waals surface area contributed by atoms with Crippen molar-refractivity contribution in [2.45, 2.75) is 4.90 Å². The van der Waals surface area contributed by atoms with Gasteiger partial charge in [0.25, 0.3) is 5.91 Å². The second-order valence-corrected chi connectivity index (χ2v) is 6.31. The van der Waals surface area contributed by atoms with Gasteiger partial charge >= 0.3 is 0 Å². The number of methoxy groups -OCH3 is 1. The molecule has 0 aliphatic carbocycles. The van der Waals surface area contributed by atoms with Gasteiger partial charge in [-0.05, 0) is 24.3 Å². The van der Waals surface area contributed by atoms with Crippen LogP contribution in [0.4, 0.5) is 5.69 Å². The van der Waals surface area contributed by atoms with Crippen molar-refractivity contribution in [3.63, 3.8) is 0 Å². The molecule has 1 amide bonds. The number of hydrogen-bond acceptors (Lipinski definition) is 3.